The van der Waals surface area contributed by atoms with Crippen LogP contribution in [0.15, 0.2) is 27.9 Å². The second-order valence-electron chi connectivity index (χ2n) is 3.68. The number of allylic oxidation sites excluding steroid dienone is 4. The summed E-state index contributed by atoms with van der Waals surface area (Å²) in [5.74, 6) is 2.63. The first kappa shape index (κ1) is 12.4. The summed E-state index contributed by atoms with van der Waals surface area (Å²) in [5.41, 5.74) is 2.21. The molecule has 0 aromatic rings. The van der Waals surface area contributed by atoms with Gasteiger partial charge in [0.05, 0.1) is 12.8 Å². The minimum Gasteiger partial charge on any atom is -0.500 e. The topological polar surface area (TPSA) is 21.6 Å². The molecular formula is C12H19NOS. The Kier molecular flexibility index (Phi) is 4.95. The van der Waals surface area contributed by atoms with Crippen LogP contribution < -0.4 is 0 Å². The van der Waals surface area contributed by atoms with E-state index in [9.17, 15) is 0 Å². The van der Waals surface area contributed by atoms with Gasteiger partial charge in [-0.05, 0) is 24.8 Å². The summed E-state index contributed by atoms with van der Waals surface area (Å²) in [7, 11) is 1.74. The lowest BCUT2D eigenvalue weighted by Gasteiger charge is -2.18. The van der Waals surface area contributed by atoms with Gasteiger partial charge in [0.1, 0.15) is 5.76 Å². The van der Waals surface area contributed by atoms with E-state index >= 15 is 0 Å². The SMILES string of the molecule is CCSN=C(C)C1=C(OC)CC(C)C=C1. The van der Waals surface area contributed by atoms with E-state index in [-0.39, 0.29) is 0 Å². The zero-order valence-electron chi connectivity index (χ0n) is 9.91. The Labute approximate surface area is 96.6 Å². The largest absolute Gasteiger partial charge is 0.500 e. The Morgan fingerprint density at radius 1 is 1.67 bits per heavy atom. The zero-order chi connectivity index (χ0) is 11.3. The van der Waals surface area contributed by atoms with Gasteiger partial charge in [-0.3, -0.25) is 0 Å². The van der Waals surface area contributed by atoms with E-state index < -0.39 is 0 Å². The normalized spacial score (nSPS) is 22.1. The Hall–Kier alpha value is -0.700. The predicted octanol–water partition coefficient (Wildman–Crippen LogP) is 3.61. The quantitative estimate of drug-likeness (QED) is 0.538. The van der Waals surface area contributed by atoms with Crippen LogP contribution in [0.4, 0.5) is 0 Å². The van der Waals surface area contributed by atoms with E-state index in [1.54, 1.807) is 19.1 Å². The molecule has 2 nitrogen and oxygen atoms in total. The molecule has 1 rings (SSSR count). The van der Waals surface area contributed by atoms with E-state index in [2.05, 4.69) is 30.4 Å². The number of hydrogen-bond acceptors (Lipinski definition) is 3. The maximum Gasteiger partial charge on any atom is 0.105 e. The first-order valence-corrected chi connectivity index (χ1v) is 6.25. The third kappa shape index (κ3) is 3.42. The van der Waals surface area contributed by atoms with Crippen LogP contribution in [0.3, 0.4) is 0 Å². The van der Waals surface area contributed by atoms with Crippen molar-refractivity contribution in [2.24, 2.45) is 10.3 Å². The summed E-state index contributed by atoms with van der Waals surface area (Å²) in [6.45, 7) is 6.34. The molecule has 0 aliphatic heterocycles. The molecule has 0 aromatic carbocycles. The zero-order valence-corrected chi connectivity index (χ0v) is 10.7. The third-order valence-corrected chi connectivity index (χ3v) is 3.03. The highest BCUT2D eigenvalue weighted by Crippen LogP contribution is 2.25. The second kappa shape index (κ2) is 6.01. The summed E-state index contributed by atoms with van der Waals surface area (Å²) >= 11 is 1.59. The molecule has 1 aliphatic carbocycles. The van der Waals surface area contributed by atoms with Gasteiger partial charge in [-0.2, -0.15) is 0 Å². The first-order valence-electron chi connectivity index (χ1n) is 5.31. The fourth-order valence-corrected chi connectivity index (χ4v) is 1.97. The van der Waals surface area contributed by atoms with Gasteiger partial charge >= 0.3 is 0 Å². The molecule has 0 fully saturated rings. The van der Waals surface area contributed by atoms with Crippen molar-refractivity contribution in [3.05, 3.63) is 23.5 Å². The van der Waals surface area contributed by atoms with Crippen molar-refractivity contribution < 1.29 is 4.74 Å². The van der Waals surface area contributed by atoms with Crippen LogP contribution in [0.5, 0.6) is 0 Å². The highest BCUT2D eigenvalue weighted by Gasteiger charge is 2.15. The Morgan fingerprint density at radius 2 is 2.40 bits per heavy atom. The highest BCUT2D eigenvalue weighted by atomic mass is 32.2. The van der Waals surface area contributed by atoms with Crippen LogP contribution >= 0.6 is 11.9 Å². The summed E-state index contributed by atoms with van der Waals surface area (Å²) in [5, 5.41) is 0. The number of ether oxygens (including phenoxy) is 1. The van der Waals surface area contributed by atoms with Gasteiger partial charge in [0.2, 0.25) is 0 Å². The maximum atomic E-state index is 5.41. The molecule has 0 amide bonds. The predicted molar refractivity (Wildman–Crippen MR) is 68.2 cm³/mol. The van der Waals surface area contributed by atoms with Gasteiger partial charge < -0.3 is 4.74 Å². The second-order valence-corrected chi connectivity index (χ2v) is 4.69. The fourth-order valence-electron chi connectivity index (χ4n) is 1.55. The van der Waals surface area contributed by atoms with E-state index in [1.807, 2.05) is 6.92 Å². The Balaban J connectivity index is 2.86. The number of hydrogen-bond donors (Lipinski definition) is 0. The molecule has 15 heavy (non-hydrogen) atoms. The smallest absolute Gasteiger partial charge is 0.105 e. The van der Waals surface area contributed by atoms with Crippen LogP contribution in [0.25, 0.3) is 0 Å². The summed E-state index contributed by atoms with van der Waals surface area (Å²) < 4.78 is 9.85. The van der Waals surface area contributed by atoms with E-state index in [0.29, 0.717) is 5.92 Å². The molecule has 3 heteroatoms. The average Bonchev–Trinajstić information content (AvgIpc) is 2.25. The molecule has 0 saturated carbocycles. The van der Waals surface area contributed by atoms with Gasteiger partial charge in [-0.15, -0.1) is 0 Å². The minimum atomic E-state index is 0.565. The molecule has 0 spiro atoms. The molecule has 1 aliphatic rings. The lowest BCUT2D eigenvalue weighted by Crippen LogP contribution is -2.09. The fraction of sp³-hybridized carbons (Fsp3) is 0.583. The van der Waals surface area contributed by atoms with E-state index in [0.717, 1.165) is 29.2 Å². The molecule has 0 bridgehead atoms. The van der Waals surface area contributed by atoms with Crippen molar-refractivity contribution in [3.8, 4) is 0 Å². The summed E-state index contributed by atoms with van der Waals surface area (Å²) in [6.07, 6.45) is 5.32. The summed E-state index contributed by atoms with van der Waals surface area (Å²) in [4.78, 5) is 0. The van der Waals surface area contributed by atoms with Crippen LogP contribution in [-0.2, 0) is 4.74 Å². The van der Waals surface area contributed by atoms with Crippen LogP contribution in [0.2, 0.25) is 0 Å². The Morgan fingerprint density at radius 3 is 3.00 bits per heavy atom. The molecule has 84 valence electrons. The van der Waals surface area contributed by atoms with Crippen molar-refractivity contribution in [2.45, 2.75) is 27.2 Å². The van der Waals surface area contributed by atoms with E-state index in [4.69, 9.17) is 4.74 Å². The minimum absolute atomic E-state index is 0.565. The van der Waals surface area contributed by atoms with Crippen molar-refractivity contribution in [3.63, 3.8) is 0 Å². The lowest BCUT2D eigenvalue weighted by atomic mass is 9.94. The van der Waals surface area contributed by atoms with Gasteiger partial charge in [0, 0.05) is 17.7 Å². The van der Waals surface area contributed by atoms with Crippen LogP contribution in [-0.4, -0.2) is 18.6 Å². The number of methoxy groups -OCH3 is 1. The molecule has 0 N–H and O–H groups in total. The maximum absolute atomic E-state index is 5.41. The molecule has 0 heterocycles. The molecule has 0 radical (unpaired) electrons. The monoisotopic (exact) mass is 225 g/mol. The van der Waals surface area contributed by atoms with Crippen molar-refractivity contribution in [1.82, 2.24) is 0 Å². The summed E-state index contributed by atoms with van der Waals surface area (Å²) in [6, 6.07) is 0. The van der Waals surface area contributed by atoms with Gasteiger partial charge in [0.25, 0.3) is 0 Å². The van der Waals surface area contributed by atoms with Crippen molar-refractivity contribution in [2.75, 3.05) is 12.9 Å². The van der Waals surface area contributed by atoms with Gasteiger partial charge in [0.15, 0.2) is 0 Å². The first-order chi connectivity index (χ1) is 7.19. The average molecular weight is 225 g/mol. The molecule has 1 unspecified atom stereocenters. The van der Waals surface area contributed by atoms with Gasteiger partial charge in [-0.25, -0.2) is 4.40 Å². The van der Waals surface area contributed by atoms with Crippen LogP contribution in [0, 0.1) is 5.92 Å². The Bertz CT molecular complexity index is 305. The van der Waals surface area contributed by atoms with Crippen molar-refractivity contribution in [1.29, 1.82) is 0 Å². The molecular weight excluding hydrogens is 206 g/mol. The molecule has 0 saturated heterocycles. The van der Waals surface area contributed by atoms with Crippen molar-refractivity contribution >= 4 is 17.7 Å². The van der Waals surface area contributed by atoms with Crippen LogP contribution in [0.1, 0.15) is 27.2 Å². The molecule has 1 atom stereocenters. The molecule has 0 aromatic heterocycles. The number of rotatable bonds is 4. The number of nitrogens with zero attached hydrogens (tertiary/aromatic N) is 1. The van der Waals surface area contributed by atoms with Gasteiger partial charge in [-0.1, -0.05) is 26.0 Å². The highest BCUT2D eigenvalue weighted by molar-refractivity contribution is 7.98. The third-order valence-electron chi connectivity index (χ3n) is 2.37. The lowest BCUT2D eigenvalue weighted by molar-refractivity contribution is 0.265. The van der Waals surface area contributed by atoms with E-state index in [1.165, 1.54) is 0 Å². The standard InChI is InChI=1S/C12H19NOS/c1-5-15-13-10(3)11-7-6-9(2)8-12(11)14-4/h6-7,9H,5,8H2,1-4H3.